The quantitative estimate of drug-likeness (QED) is 0.533. The molecule has 5 heteroatoms. The van der Waals surface area contributed by atoms with Crippen LogP contribution >= 0.6 is 0 Å². The summed E-state index contributed by atoms with van der Waals surface area (Å²) in [5.74, 6) is -0.814. The number of hydrogen-bond donors (Lipinski definition) is 2. The van der Waals surface area contributed by atoms with Crippen LogP contribution in [0, 0.1) is 6.92 Å². The number of esters is 1. The molecule has 0 saturated carbocycles. The third-order valence-corrected chi connectivity index (χ3v) is 3.91. The zero-order valence-corrected chi connectivity index (χ0v) is 14.7. The van der Waals surface area contributed by atoms with Gasteiger partial charge in [0, 0.05) is 17.0 Å². The van der Waals surface area contributed by atoms with Gasteiger partial charge in [-0.25, -0.2) is 4.79 Å². The van der Waals surface area contributed by atoms with Gasteiger partial charge >= 0.3 is 5.97 Å². The van der Waals surface area contributed by atoms with E-state index in [1.54, 1.807) is 13.0 Å². The number of hydrogen-bond acceptors (Lipinski definition) is 3. The Morgan fingerprint density at radius 2 is 1.92 bits per heavy atom. The fourth-order valence-electron chi connectivity index (χ4n) is 2.69. The van der Waals surface area contributed by atoms with Gasteiger partial charge in [0.25, 0.3) is 0 Å². The van der Waals surface area contributed by atoms with Gasteiger partial charge < -0.3 is 15.0 Å². The number of amides is 1. The van der Waals surface area contributed by atoms with E-state index < -0.39 is 5.97 Å². The second-order valence-corrected chi connectivity index (χ2v) is 5.88. The van der Waals surface area contributed by atoms with E-state index in [0.29, 0.717) is 5.69 Å². The molecule has 0 unspecified atom stereocenters. The number of ether oxygens (including phenoxy) is 1. The first kappa shape index (κ1) is 17.5. The van der Waals surface area contributed by atoms with Crippen molar-refractivity contribution in [1.82, 2.24) is 4.98 Å². The fraction of sp³-hybridized carbons (Fsp3) is 0.143. The summed E-state index contributed by atoms with van der Waals surface area (Å²) in [5.41, 5.74) is 3.39. The topological polar surface area (TPSA) is 71.2 Å². The minimum atomic E-state index is -0.497. The van der Waals surface area contributed by atoms with E-state index in [4.69, 9.17) is 4.74 Å². The second-order valence-electron chi connectivity index (χ2n) is 5.88. The summed E-state index contributed by atoms with van der Waals surface area (Å²) in [6.45, 7) is 3.96. The van der Waals surface area contributed by atoms with Crippen molar-refractivity contribution >= 4 is 34.5 Å². The molecule has 26 heavy (non-hydrogen) atoms. The molecular formula is C21H20N2O3. The summed E-state index contributed by atoms with van der Waals surface area (Å²) < 4.78 is 5.10. The lowest BCUT2D eigenvalue weighted by molar-refractivity contribution is -0.111. The Labute approximate surface area is 151 Å². The maximum absolute atomic E-state index is 12.4. The van der Waals surface area contributed by atoms with Gasteiger partial charge in [0.2, 0.25) is 5.91 Å². The fourth-order valence-corrected chi connectivity index (χ4v) is 2.69. The van der Waals surface area contributed by atoms with Crippen LogP contribution in [-0.4, -0.2) is 23.5 Å². The number of H-pyrrole nitrogens is 1. The van der Waals surface area contributed by atoms with E-state index in [0.717, 1.165) is 22.0 Å². The number of rotatable bonds is 5. The van der Waals surface area contributed by atoms with Crippen LogP contribution in [0.1, 0.15) is 28.5 Å². The Morgan fingerprint density at radius 1 is 1.15 bits per heavy atom. The predicted molar refractivity (Wildman–Crippen MR) is 103 cm³/mol. The zero-order valence-electron chi connectivity index (χ0n) is 14.7. The normalized spacial score (nSPS) is 11.0. The van der Waals surface area contributed by atoms with Crippen molar-refractivity contribution in [2.45, 2.75) is 13.8 Å². The molecule has 0 radical (unpaired) electrons. The molecule has 3 aromatic rings. The van der Waals surface area contributed by atoms with Gasteiger partial charge in [0.1, 0.15) is 5.69 Å². The van der Waals surface area contributed by atoms with Crippen LogP contribution in [0.2, 0.25) is 0 Å². The highest BCUT2D eigenvalue weighted by Crippen LogP contribution is 2.29. The number of anilines is 1. The molecule has 0 bridgehead atoms. The summed E-state index contributed by atoms with van der Waals surface area (Å²) in [6, 6.07) is 15.3. The zero-order chi connectivity index (χ0) is 18.5. The molecular weight excluding hydrogens is 328 g/mol. The first-order valence-electron chi connectivity index (χ1n) is 8.42. The Balaban J connectivity index is 1.93. The van der Waals surface area contributed by atoms with Crippen LogP contribution in [0.5, 0.6) is 0 Å². The lowest BCUT2D eigenvalue weighted by Crippen LogP contribution is -2.13. The number of fused-ring (bicyclic) bond motifs is 1. The highest BCUT2D eigenvalue weighted by atomic mass is 16.5. The molecule has 5 nitrogen and oxygen atoms in total. The highest BCUT2D eigenvalue weighted by molar-refractivity contribution is 6.13. The summed E-state index contributed by atoms with van der Waals surface area (Å²) in [5, 5.41) is 3.59. The monoisotopic (exact) mass is 348 g/mol. The van der Waals surface area contributed by atoms with E-state index >= 15 is 0 Å². The molecule has 0 fully saturated rings. The molecule has 3 rings (SSSR count). The van der Waals surface area contributed by atoms with Gasteiger partial charge in [-0.1, -0.05) is 42.0 Å². The lowest BCUT2D eigenvalue weighted by atomic mass is 10.1. The van der Waals surface area contributed by atoms with Crippen molar-refractivity contribution in [2.75, 3.05) is 11.9 Å². The van der Waals surface area contributed by atoms with Crippen molar-refractivity contribution < 1.29 is 14.3 Å². The van der Waals surface area contributed by atoms with E-state index in [9.17, 15) is 9.59 Å². The SMILES string of the molecule is CCOC(=O)c1[nH]c2ccc(C)cc2c1NC(=O)C=Cc1ccccc1. The van der Waals surface area contributed by atoms with Crippen LogP contribution in [-0.2, 0) is 9.53 Å². The molecule has 2 aromatic carbocycles. The molecule has 0 saturated heterocycles. The van der Waals surface area contributed by atoms with Crippen molar-refractivity contribution in [3.63, 3.8) is 0 Å². The molecule has 0 aliphatic carbocycles. The average molecular weight is 348 g/mol. The van der Waals surface area contributed by atoms with Crippen LogP contribution in [0.25, 0.3) is 17.0 Å². The summed E-state index contributed by atoms with van der Waals surface area (Å²) in [7, 11) is 0. The molecule has 132 valence electrons. The smallest absolute Gasteiger partial charge is 0.356 e. The Morgan fingerprint density at radius 3 is 2.65 bits per heavy atom. The molecule has 0 aliphatic heterocycles. The van der Waals surface area contributed by atoms with E-state index in [1.165, 1.54) is 6.08 Å². The number of aryl methyl sites for hydroxylation is 1. The van der Waals surface area contributed by atoms with Gasteiger partial charge in [0.05, 0.1) is 12.3 Å². The van der Waals surface area contributed by atoms with Gasteiger partial charge in [-0.05, 0) is 37.6 Å². The molecule has 1 heterocycles. The average Bonchev–Trinajstić information content (AvgIpc) is 2.99. The van der Waals surface area contributed by atoms with Crippen molar-refractivity contribution in [1.29, 1.82) is 0 Å². The molecule has 1 aromatic heterocycles. The van der Waals surface area contributed by atoms with Crippen LogP contribution in [0.4, 0.5) is 5.69 Å². The number of aromatic amines is 1. The third kappa shape index (κ3) is 3.83. The van der Waals surface area contributed by atoms with Gasteiger partial charge in [-0.3, -0.25) is 4.79 Å². The summed E-state index contributed by atoms with van der Waals surface area (Å²) >= 11 is 0. The third-order valence-electron chi connectivity index (χ3n) is 3.91. The van der Waals surface area contributed by atoms with Crippen molar-refractivity contribution in [2.24, 2.45) is 0 Å². The largest absolute Gasteiger partial charge is 0.461 e. The van der Waals surface area contributed by atoms with E-state index in [1.807, 2.05) is 55.5 Å². The Hall–Kier alpha value is -3.34. The number of aromatic nitrogens is 1. The van der Waals surface area contributed by atoms with Gasteiger partial charge in [-0.2, -0.15) is 0 Å². The standard InChI is InChI=1S/C21H20N2O3/c1-3-26-21(25)20-19(16-13-14(2)9-11-17(16)22-20)23-18(24)12-10-15-7-5-4-6-8-15/h4-13,22H,3H2,1-2H3,(H,23,24). The summed E-state index contributed by atoms with van der Waals surface area (Å²) in [6.07, 6.45) is 3.17. The Bertz CT molecular complexity index is 972. The number of nitrogens with one attached hydrogen (secondary N) is 2. The maximum atomic E-state index is 12.4. The molecule has 0 aliphatic rings. The van der Waals surface area contributed by atoms with Gasteiger partial charge in [-0.15, -0.1) is 0 Å². The molecule has 0 atom stereocenters. The van der Waals surface area contributed by atoms with Crippen LogP contribution < -0.4 is 5.32 Å². The molecule has 0 spiro atoms. The number of benzene rings is 2. The van der Waals surface area contributed by atoms with Crippen LogP contribution in [0.3, 0.4) is 0 Å². The Kier molecular flexibility index (Phi) is 5.17. The van der Waals surface area contributed by atoms with Crippen molar-refractivity contribution in [3.8, 4) is 0 Å². The first-order valence-corrected chi connectivity index (χ1v) is 8.42. The summed E-state index contributed by atoms with van der Waals surface area (Å²) in [4.78, 5) is 27.7. The van der Waals surface area contributed by atoms with E-state index in [-0.39, 0.29) is 18.2 Å². The predicted octanol–water partition coefficient (Wildman–Crippen LogP) is 4.30. The van der Waals surface area contributed by atoms with Crippen LogP contribution in [0.15, 0.2) is 54.6 Å². The minimum Gasteiger partial charge on any atom is -0.461 e. The van der Waals surface area contributed by atoms with Gasteiger partial charge in [0.15, 0.2) is 0 Å². The minimum absolute atomic E-state index is 0.244. The lowest BCUT2D eigenvalue weighted by Gasteiger charge is -2.05. The number of carbonyl (C=O) groups excluding carboxylic acids is 2. The second kappa shape index (κ2) is 7.70. The van der Waals surface area contributed by atoms with Crippen molar-refractivity contribution in [3.05, 3.63) is 71.4 Å². The number of carbonyl (C=O) groups is 2. The molecule has 2 N–H and O–H groups in total. The first-order chi connectivity index (χ1) is 12.6. The van der Waals surface area contributed by atoms with E-state index in [2.05, 4.69) is 10.3 Å². The highest BCUT2D eigenvalue weighted by Gasteiger charge is 2.20. The molecule has 1 amide bonds. The maximum Gasteiger partial charge on any atom is 0.356 e.